The van der Waals surface area contributed by atoms with Crippen LogP contribution < -0.4 is 10.1 Å². The molecule has 0 spiro atoms. The third kappa shape index (κ3) is 4.83. The average molecular weight is 573 g/mol. The highest BCUT2D eigenvalue weighted by molar-refractivity contribution is 5.99. The second kappa shape index (κ2) is 10.4. The third-order valence-electron chi connectivity index (χ3n) is 7.92. The predicted octanol–water partition coefficient (Wildman–Crippen LogP) is 5.76. The van der Waals surface area contributed by atoms with Crippen LogP contribution in [0.25, 0.3) is 27.8 Å². The zero-order valence-corrected chi connectivity index (χ0v) is 23.1. The molecule has 2 saturated heterocycles. The maximum Gasteiger partial charge on any atom is 0.282 e. The van der Waals surface area contributed by atoms with Gasteiger partial charge >= 0.3 is 0 Å². The number of alkyl halides is 2. The molecular formula is C31H30F2N6O3. The van der Waals surface area contributed by atoms with E-state index in [1.807, 2.05) is 57.6 Å². The van der Waals surface area contributed by atoms with Crippen LogP contribution >= 0.6 is 0 Å². The van der Waals surface area contributed by atoms with Gasteiger partial charge in [-0.05, 0) is 61.2 Å². The Bertz CT molecular complexity index is 1770. The molecule has 7 rings (SSSR count). The molecule has 5 aromatic rings. The van der Waals surface area contributed by atoms with Gasteiger partial charge in [-0.1, -0.05) is 18.2 Å². The fraction of sp³-hybridized carbons (Fsp3) is 0.323. The van der Waals surface area contributed by atoms with Crippen molar-refractivity contribution in [3.05, 3.63) is 78.1 Å². The molecule has 0 radical (unpaired) electrons. The number of likely N-dealkylation sites (tertiary alicyclic amines) is 1. The van der Waals surface area contributed by atoms with Crippen LogP contribution in [0.5, 0.6) is 5.75 Å². The van der Waals surface area contributed by atoms with E-state index in [2.05, 4.69) is 10.4 Å². The van der Waals surface area contributed by atoms with Crippen LogP contribution in [-0.2, 0) is 11.3 Å². The molecule has 2 aliphatic rings. The number of nitrogens with one attached hydrogen (secondary N) is 1. The van der Waals surface area contributed by atoms with Gasteiger partial charge in [0.15, 0.2) is 12.0 Å². The number of aromatic nitrogens is 4. The van der Waals surface area contributed by atoms with Crippen LogP contribution in [0.15, 0.2) is 67.0 Å². The van der Waals surface area contributed by atoms with Gasteiger partial charge in [0.2, 0.25) is 0 Å². The molecule has 0 saturated carbocycles. The number of carbonyl (C=O) groups excluding carboxylic acids is 1. The molecule has 1 atom stereocenters. The number of halogens is 2. The summed E-state index contributed by atoms with van der Waals surface area (Å²) in [6.45, 7) is 0.0628. The number of methoxy groups -OCH3 is 1. The molecule has 11 heteroatoms. The molecular weight excluding hydrogens is 542 g/mol. The smallest absolute Gasteiger partial charge is 0.282 e. The fourth-order valence-electron chi connectivity index (χ4n) is 5.70. The summed E-state index contributed by atoms with van der Waals surface area (Å²) in [5.74, 6) is -1.92. The maximum atomic E-state index is 13.5. The third-order valence-corrected chi connectivity index (χ3v) is 7.92. The summed E-state index contributed by atoms with van der Waals surface area (Å²) in [7, 11) is 1.62. The number of amides is 1. The summed E-state index contributed by atoms with van der Waals surface area (Å²) in [5, 5.41) is 7.97. The Labute approximate surface area is 240 Å². The molecule has 9 nitrogen and oxygen atoms in total. The minimum atomic E-state index is -2.83. The second-order valence-electron chi connectivity index (χ2n) is 10.8. The van der Waals surface area contributed by atoms with E-state index in [0.717, 1.165) is 47.3 Å². The summed E-state index contributed by atoms with van der Waals surface area (Å²) in [5.41, 5.74) is 5.40. The lowest BCUT2D eigenvalue weighted by atomic mass is 10.1. The predicted molar refractivity (Wildman–Crippen MR) is 154 cm³/mol. The lowest BCUT2D eigenvalue weighted by Crippen LogP contribution is -2.58. The topological polar surface area (TPSA) is 85.9 Å². The van der Waals surface area contributed by atoms with Gasteiger partial charge < -0.3 is 24.1 Å². The quantitative estimate of drug-likeness (QED) is 0.267. The molecule has 2 aliphatic heterocycles. The van der Waals surface area contributed by atoms with Crippen LogP contribution in [0.2, 0.25) is 0 Å². The monoisotopic (exact) mass is 572 g/mol. The number of fused-ring (bicyclic) bond motifs is 3. The van der Waals surface area contributed by atoms with E-state index in [1.54, 1.807) is 25.6 Å². The first kappa shape index (κ1) is 26.4. The first-order valence-corrected chi connectivity index (χ1v) is 14.0. The van der Waals surface area contributed by atoms with Crippen molar-refractivity contribution in [3.8, 4) is 17.0 Å². The van der Waals surface area contributed by atoms with Crippen LogP contribution in [-0.4, -0.2) is 62.7 Å². The summed E-state index contributed by atoms with van der Waals surface area (Å²) in [6, 6.07) is 17.4. The Morgan fingerprint density at radius 3 is 2.67 bits per heavy atom. The van der Waals surface area contributed by atoms with Gasteiger partial charge in [0.1, 0.15) is 5.75 Å². The van der Waals surface area contributed by atoms with Crippen molar-refractivity contribution in [3.63, 3.8) is 0 Å². The number of benzene rings is 2. The summed E-state index contributed by atoms with van der Waals surface area (Å²) in [4.78, 5) is 19.2. The maximum absolute atomic E-state index is 13.5. The Kier molecular flexibility index (Phi) is 6.53. The molecule has 0 aliphatic carbocycles. The van der Waals surface area contributed by atoms with Gasteiger partial charge in [0.25, 0.3) is 11.8 Å². The van der Waals surface area contributed by atoms with Crippen molar-refractivity contribution in [1.82, 2.24) is 24.1 Å². The van der Waals surface area contributed by atoms with Gasteiger partial charge in [-0.25, -0.2) is 18.4 Å². The van der Waals surface area contributed by atoms with Crippen molar-refractivity contribution < 1.29 is 23.0 Å². The molecule has 1 amide bonds. The number of nitrogens with zero attached hydrogens (tertiary/aromatic N) is 5. The Hall–Kier alpha value is -4.51. The standard InChI is InChI=1S/C31H30F2N6O3/c1-41-23-8-5-20(6-9-23)16-34-29-27-15-22(30(40)37-18-31(32,33)19-37)17-38(27)26-10-7-21(14-24(26)36-29)25-11-12-35-39(25)28-4-2-3-13-42-28/h5-12,14-15,17,28H,2-4,13,16,18-19H2,1H3,(H,34,36). The van der Waals surface area contributed by atoms with Gasteiger partial charge in [-0.15, -0.1) is 0 Å². The van der Waals surface area contributed by atoms with E-state index in [9.17, 15) is 13.6 Å². The van der Waals surface area contributed by atoms with Gasteiger partial charge in [-0.2, -0.15) is 5.10 Å². The molecule has 3 aromatic heterocycles. The first-order valence-electron chi connectivity index (χ1n) is 14.0. The highest BCUT2D eigenvalue weighted by Crippen LogP contribution is 2.33. The summed E-state index contributed by atoms with van der Waals surface area (Å²) < 4.78 is 42.1. The molecule has 42 heavy (non-hydrogen) atoms. The highest BCUT2D eigenvalue weighted by Gasteiger charge is 2.46. The van der Waals surface area contributed by atoms with Gasteiger partial charge in [0.05, 0.1) is 48.0 Å². The number of anilines is 1. The second-order valence-corrected chi connectivity index (χ2v) is 10.8. The summed E-state index contributed by atoms with van der Waals surface area (Å²) in [6.07, 6.45) is 6.42. The molecule has 2 fully saturated rings. The van der Waals surface area contributed by atoms with Crippen molar-refractivity contribution in [1.29, 1.82) is 0 Å². The zero-order chi connectivity index (χ0) is 28.8. The van der Waals surface area contributed by atoms with Crippen molar-refractivity contribution in [2.24, 2.45) is 0 Å². The van der Waals surface area contributed by atoms with Crippen molar-refractivity contribution >= 4 is 28.3 Å². The van der Waals surface area contributed by atoms with E-state index in [4.69, 9.17) is 14.5 Å². The number of carbonyl (C=O) groups is 1. The van der Waals surface area contributed by atoms with E-state index in [0.29, 0.717) is 35.6 Å². The van der Waals surface area contributed by atoms with E-state index in [-0.39, 0.29) is 6.23 Å². The Balaban J connectivity index is 1.28. The number of ether oxygens (including phenoxy) is 2. The minimum Gasteiger partial charge on any atom is -0.497 e. The Morgan fingerprint density at radius 2 is 1.93 bits per heavy atom. The van der Waals surface area contributed by atoms with E-state index < -0.39 is 24.9 Å². The minimum absolute atomic E-state index is 0.108. The van der Waals surface area contributed by atoms with E-state index >= 15 is 0 Å². The SMILES string of the molecule is COc1ccc(CNc2nc3cc(-c4ccnn4C4CCCCO4)ccc3n3cc(C(=O)N4CC(F)(F)C4)cc23)cc1. The average Bonchev–Trinajstić information content (AvgIpc) is 3.67. The largest absolute Gasteiger partial charge is 0.497 e. The number of hydrogen-bond donors (Lipinski definition) is 1. The lowest BCUT2D eigenvalue weighted by molar-refractivity contribution is -0.113. The zero-order valence-electron chi connectivity index (χ0n) is 23.1. The van der Waals surface area contributed by atoms with Crippen LogP contribution in [0, 0.1) is 0 Å². The first-order chi connectivity index (χ1) is 20.4. The normalized spacial score (nSPS) is 18.3. The molecule has 1 N–H and O–H groups in total. The molecule has 2 aromatic carbocycles. The molecule has 0 bridgehead atoms. The number of hydrogen-bond acceptors (Lipinski definition) is 6. The van der Waals surface area contributed by atoms with Crippen LogP contribution in [0.1, 0.15) is 41.4 Å². The summed E-state index contributed by atoms with van der Waals surface area (Å²) >= 11 is 0. The molecule has 1 unspecified atom stereocenters. The van der Waals surface area contributed by atoms with Crippen LogP contribution in [0.4, 0.5) is 14.6 Å². The van der Waals surface area contributed by atoms with Crippen LogP contribution in [0.3, 0.4) is 0 Å². The fourth-order valence-corrected chi connectivity index (χ4v) is 5.70. The van der Waals surface area contributed by atoms with Crippen molar-refractivity contribution in [2.45, 2.75) is 38.0 Å². The van der Waals surface area contributed by atoms with Crippen molar-refractivity contribution in [2.75, 3.05) is 32.1 Å². The number of rotatable bonds is 7. The highest BCUT2D eigenvalue weighted by atomic mass is 19.3. The molecule has 5 heterocycles. The lowest BCUT2D eigenvalue weighted by Gasteiger charge is -2.38. The molecule has 216 valence electrons. The van der Waals surface area contributed by atoms with Gasteiger partial charge in [0, 0.05) is 31.1 Å². The van der Waals surface area contributed by atoms with Gasteiger partial charge in [-0.3, -0.25) is 4.79 Å². The Morgan fingerprint density at radius 1 is 1.10 bits per heavy atom. The van der Waals surface area contributed by atoms with E-state index in [1.165, 1.54) is 4.90 Å².